The van der Waals surface area contributed by atoms with Crippen LogP contribution in [0.25, 0.3) is 0 Å². The van der Waals surface area contributed by atoms with Crippen LogP contribution in [0.1, 0.15) is 13.3 Å². The molecule has 1 aromatic rings. The van der Waals surface area contributed by atoms with Crippen LogP contribution in [-0.2, 0) is 16.4 Å². The van der Waals surface area contributed by atoms with Crippen LogP contribution >= 0.6 is 22.6 Å². The fourth-order valence-electron chi connectivity index (χ4n) is 1.33. The quantitative estimate of drug-likeness (QED) is 0.748. The van der Waals surface area contributed by atoms with Crippen LogP contribution in [0, 0.1) is 3.57 Å². The molecule has 0 spiro atoms. The zero-order valence-corrected chi connectivity index (χ0v) is 12.0. The Morgan fingerprint density at radius 1 is 1.31 bits per heavy atom. The number of sulfone groups is 1. The first kappa shape index (κ1) is 13.7. The maximum Gasteiger partial charge on any atom is 0.250 e. The Morgan fingerprint density at radius 2 is 2.00 bits per heavy atom. The lowest BCUT2D eigenvalue weighted by atomic mass is 10.5. The molecule has 0 saturated carbocycles. The van der Waals surface area contributed by atoms with Gasteiger partial charge in [0.2, 0.25) is 0 Å². The van der Waals surface area contributed by atoms with E-state index >= 15 is 0 Å². The van der Waals surface area contributed by atoms with Crippen molar-refractivity contribution in [2.45, 2.75) is 19.9 Å². The lowest BCUT2D eigenvalue weighted by molar-refractivity contribution is 0.585. The summed E-state index contributed by atoms with van der Waals surface area (Å²) < 4.78 is 25.3. The molecule has 0 atom stereocenters. The van der Waals surface area contributed by atoms with Crippen molar-refractivity contribution in [3.05, 3.63) is 32.3 Å². The third-order valence-corrected chi connectivity index (χ3v) is 4.58. The second-order valence-electron chi connectivity index (χ2n) is 3.53. The SMILES string of the molecule is CCCS(=O)(=O)CCn1cc(I)ccc1=O. The van der Waals surface area contributed by atoms with Gasteiger partial charge in [-0.2, -0.15) is 0 Å². The predicted octanol–water partition coefficient (Wildman–Crippen LogP) is 1.28. The Balaban J connectivity index is 2.75. The monoisotopic (exact) mass is 355 g/mol. The number of aryl methyl sites for hydroxylation is 1. The highest BCUT2D eigenvalue weighted by Gasteiger charge is 2.09. The molecule has 1 aromatic heterocycles. The zero-order chi connectivity index (χ0) is 12.2. The fraction of sp³-hybridized carbons (Fsp3) is 0.500. The smallest absolute Gasteiger partial charge is 0.250 e. The van der Waals surface area contributed by atoms with Crippen molar-refractivity contribution < 1.29 is 8.42 Å². The molecule has 0 aromatic carbocycles. The van der Waals surface area contributed by atoms with Crippen LogP contribution in [-0.4, -0.2) is 24.5 Å². The number of aromatic nitrogens is 1. The van der Waals surface area contributed by atoms with E-state index in [-0.39, 0.29) is 23.6 Å². The van der Waals surface area contributed by atoms with Crippen LogP contribution in [0.5, 0.6) is 0 Å². The third-order valence-electron chi connectivity index (χ3n) is 2.11. The molecule has 0 fully saturated rings. The molecule has 0 radical (unpaired) electrons. The Hall–Kier alpha value is -0.370. The van der Waals surface area contributed by atoms with E-state index in [9.17, 15) is 13.2 Å². The molecule has 0 saturated heterocycles. The lowest BCUT2D eigenvalue weighted by Crippen LogP contribution is -2.24. The molecule has 0 bridgehead atoms. The molecule has 0 amide bonds. The van der Waals surface area contributed by atoms with Gasteiger partial charge in [-0.1, -0.05) is 6.92 Å². The number of halogens is 1. The van der Waals surface area contributed by atoms with Crippen LogP contribution in [0.2, 0.25) is 0 Å². The van der Waals surface area contributed by atoms with Gasteiger partial charge in [0.05, 0.1) is 5.75 Å². The van der Waals surface area contributed by atoms with Gasteiger partial charge in [-0.05, 0) is 35.1 Å². The minimum absolute atomic E-state index is 0.0286. The van der Waals surface area contributed by atoms with Crippen LogP contribution in [0.4, 0.5) is 0 Å². The van der Waals surface area contributed by atoms with Gasteiger partial charge in [0.15, 0.2) is 9.84 Å². The summed E-state index contributed by atoms with van der Waals surface area (Å²) in [6.07, 6.45) is 2.29. The molecule has 0 aliphatic rings. The van der Waals surface area contributed by atoms with E-state index < -0.39 is 9.84 Å². The molecule has 1 heterocycles. The van der Waals surface area contributed by atoms with E-state index in [0.29, 0.717) is 6.42 Å². The van der Waals surface area contributed by atoms with E-state index in [2.05, 4.69) is 22.6 Å². The molecule has 0 N–H and O–H groups in total. The van der Waals surface area contributed by atoms with E-state index in [1.165, 1.54) is 10.6 Å². The molecular weight excluding hydrogens is 341 g/mol. The van der Waals surface area contributed by atoms with Crippen molar-refractivity contribution in [1.82, 2.24) is 4.57 Å². The van der Waals surface area contributed by atoms with Gasteiger partial charge in [-0.3, -0.25) is 4.79 Å². The second kappa shape index (κ2) is 5.81. The maximum absolute atomic E-state index is 11.5. The fourth-order valence-corrected chi connectivity index (χ4v) is 3.14. The van der Waals surface area contributed by atoms with Gasteiger partial charge in [-0.15, -0.1) is 0 Å². The zero-order valence-electron chi connectivity index (χ0n) is 9.02. The summed E-state index contributed by atoms with van der Waals surface area (Å²) in [5, 5.41) is 0. The van der Waals surface area contributed by atoms with Gasteiger partial charge in [0.25, 0.3) is 5.56 Å². The van der Waals surface area contributed by atoms with Crippen molar-refractivity contribution in [2.75, 3.05) is 11.5 Å². The first-order valence-electron chi connectivity index (χ1n) is 5.01. The van der Waals surface area contributed by atoms with E-state index in [4.69, 9.17) is 0 Å². The maximum atomic E-state index is 11.5. The molecule has 0 unspecified atom stereocenters. The molecule has 0 aliphatic heterocycles. The standard InChI is InChI=1S/C10H14INO3S/c1-2-6-16(14,15)7-5-12-8-9(11)3-4-10(12)13/h3-4,8H,2,5-7H2,1H3. The summed E-state index contributed by atoms with van der Waals surface area (Å²) in [5.41, 5.74) is -0.160. The molecular formula is C10H14INO3S. The van der Waals surface area contributed by atoms with Crippen molar-refractivity contribution in [1.29, 1.82) is 0 Å². The number of pyridine rings is 1. The minimum atomic E-state index is -3.02. The highest BCUT2D eigenvalue weighted by Crippen LogP contribution is 2.01. The molecule has 1 rings (SSSR count). The van der Waals surface area contributed by atoms with Gasteiger partial charge in [0.1, 0.15) is 0 Å². The summed E-state index contributed by atoms with van der Waals surface area (Å²) in [7, 11) is -3.02. The van der Waals surface area contributed by atoms with Crippen LogP contribution < -0.4 is 5.56 Å². The van der Waals surface area contributed by atoms with Crippen molar-refractivity contribution in [3.63, 3.8) is 0 Å². The summed E-state index contributed by atoms with van der Waals surface area (Å²) in [6, 6.07) is 3.16. The van der Waals surface area contributed by atoms with Crippen LogP contribution in [0.3, 0.4) is 0 Å². The Labute approximate surface area is 109 Å². The van der Waals surface area contributed by atoms with Crippen molar-refractivity contribution in [2.24, 2.45) is 0 Å². The molecule has 90 valence electrons. The summed E-state index contributed by atoms with van der Waals surface area (Å²) in [6.45, 7) is 2.06. The number of rotatable bonds is 5. The normalized spacial score (nSPS) is 11.6. The predicted molar refractivity (Wildman–Crippen MR) is 72.4 cm³/mol. The second-order valence-corrected chi connectivity index (χ2v) is 7.08. The highest BCUT2D eigenvalue weighted by atomic mass is 127. The summed E-state index contributed by atoms with van der Waals surface area (Å²) in [4.78, 5) is 11.4. The van der Waals surface area contributed by atoms with Crippen LogP contribution in [0.15, 0.2) is 23.1 Å². The summed E-state index contributed by atoms with van der Waals surface area (Å²) >= 11 is 2.09. The lowest BCUT2D eigenvalue weighted by Gasteiger charge is -2.06. The topological polar surface area (TPSA) is 56.1 Å². The molecule has 6 heteroatoms. The van der Waals surface area contributed by atoms with Gasteiger partial charge < -0.3 is 4.57 Å². The minimum Gasteiger partial charge on any atom is -0.313 e. The number of nitrogens with zero attached hydrogens (tertiary/aromatic N) is 1. The first-order valence-corrected chi connectivity index (χ1v) is 7.91. The number of hydrogen-bond donors (Lipinski definition) is 0. The van der Waals surface area contributed by atoms with Gasteiger partial charge in [0, 0.05) is 28.1 Å². The highest BCUT2D eigenvalue weighted by molar-refractivity contribution is 14.1. The Bertz CT molecular complexity index is 507. The van der Waals surface area contributed by atoms with E-state index in [0.717, 1.165) is 3.57 Å². The molecule has 16 heavy (non-hydrogen) atoms. The first-order chi connectivity index (χ1) is 7.44. The number of hydrogen-bond acceptors (Lipinski definition) is 3. The average Bonchev–Trinajstić information content (AvgIpc) is 2.19. The molecule has 0 aliphatic carbocycles. The Morgan fingerprint density at radius 3 is 2.62 bits per heavy atom. The summed E-state index contributed by atoms with van der Waals surface area (Å²) in [5.74, 6) is 0.215. The van der Waals surface area contributed by atoms with Crippen molar-refractivity contribution >= 4 is 32.4 Å². The average molecular weight is 355 g/mol. The third kappa shape index (κ3) is 4.25. The van der Waals surface area contributed by atoms with Gasteiger partial charge >= 0.3 is 0 Å². The molecule has 4 nitrogen and oxygen atoms in total. The van der Waals surface area contributed by atoms with E-state index in [1.807, 2.05) is 6.92 Å². The Kier molecular flexibility index (Phi) is 4.97. The largest absolute Gasteiger partial charge is 0.313 e. The van der Waals surface area contributed by atoms with Crippen molar-refractivity contribution in [3.8, 4) is 0 Å². The van der Waals surface area contributed by atoms with Gasteiger partial charge in [-0.25, -0.2) is 8.42 Å². The van der Waals surface area contributed by atoms with E-state index in [1.54, 1.807) is 12.3 Å².